The van der Waals surface area contributed by atoms with Crippen molar-refractivity contribution < 1.29 is 0 Å². The van der Waals surface area contributed by atoms with Crippen LogP contribution in [-0.2, 0) is 0 Å². The summed E-state index contributed by atoms with van der Waals surface area (Å²) in [7, 11) is 2.29. The molecule has 0 aromatic heterocycles. The van der Waals surface area contributed by atoms with Crippen molar-refractivity contribution in [1.82, 2.24) is 10.2 Å². The van der Waals surface area contributed by atoms with Crippen LogP contribution in [0.25, 0.3) is 0 Å². The molecule has 1 heterocycles. The zero-order valence-corrected chi connectivity index (χ0v) is 9.79. The lowest BCUT2D eigenvalue weighted by Gasteiger charge is -2.39. The molecule has 2 rings (SSSR count). The van der Waals surface area contributed by atoms with Crippen LogP contribution < -0.4 is 5.32 Å². The Labute approximate surface area is 88.1 Å². The number of likely N-dealkylation sites (N-methyl/N-ethyl adjacent to an activating group) is 1. The second-order valence-corrected chi connectivity index (χ2v) is 5.58. The normalized spacial score (nSPS) is 35.1. The van der Waals surface area contributed by atoms with E-state index in [1.807, 2.05) is 0 Å². The van der Waals surface area contributed by atoms with E-state index >= 15 is 0 Å². The molecule has 0 aromatic carbocycles. The molecule has 2 heteroatoms. The van der Waals surface area contributed by atoms with Gasteiger partial charge in [0.1, 0.15) is 0 Å². The van der Waals surface area contributed by atoms with Crippen LogP contribution in [0.1, 0.15) is 33.1 Å². The zero-order valence-electron chi connectivity index (χ0n) is 9.79. The minimum Gasteiger partial charge on any atom is -0.311 e. The molecule has 1 saturated heterocycles. The van der Waals surface area contributed by atoms with Crippen molar-refractivity contribution in [2.24, 2.45) is 11.8 Å². The molecule has 2 nitrogen and oxygen atoms in total. The molecular formula is C12H24N2. The van der Waals surface area contributed by atoms with Gasteiger partial charge in [-0.3, -0.25) is 0 Å². The third-order valence-electron chi connectivity index (χ3n) is 3.66. The topological polar surface area (TPSA) is 15.3 Å². The van der Waals surface area contributed by atoms with Gasteiger partial charge in [0.15, 0.2) is 0 Å². The standard InChI is InChI=1S/C12H24N2/c1-9(2)6-11-7-13-12(8-14(11)3)10-4-5-10/h9-13H,4-8H2,1-3H3. The van der Waals surface area contributed by atoms with Crippen molar-refractivity contribution in [1.29, 1.82) is 0 Å². The summed E-state index contributed by atoms with van der Waals surface area (Å²) < 4.78 is 0. The minimum atomic E-state index is 0.769. The molecule has 1 aliphatic heterocycles. The molecule has 2 unspecified atom stereocenters. The predicted molar refractivity (Wildman–Crippen MR) is 60.4 cm³/mol. The van der Waals surface area contributed by atoms with Crippen molar-refractivity contribution in [3.8, 4) is 0 Å². The molecule has 2 fully saturated rings. The smallest absolute Gasteiger partial charge is 0.0223 e. The summed E-state index contributed by atoms with van der Waals surface area (Å²) >= 11 is 0. The number of hydrogen-bond donors (Lipinski definition) is 1. The van der Waals surface area contributed by atoms with Gasteiger partial charge in [-0.15, -0.1) is 0 Å². The van der Waals surface area contributed by atoms with Crippen LogP contribution in [0.2, 0.25) is 0 Å². The highest BCUT2D eigenvalue weighted by Gasteiger charge is 2.35. The van der Waals surface area contributed by atoms with E-state index in [2.05, 4.69) is 31.1 Å². The zero-order chi connectivity index (χ0) is 10.1. The quantitative estimate of drug-likeness (QED) is 0.739. The predicted octanol–water partition coefficient (Wildman–Crippen LogP) is 1.71. The highest BCUT2D eigenvalue weighted by atomic mass is 15.2. The largest absolute Gasteiger partial charge is 0.311 e. The van der Waals surface area contributed by atoms with Crippen molar-refractivity contribution in [2.45, 2.75) is 45.2 Å². The van der Waals surface area contributed by atoms with Crippen LogP contribution in [0.4, 0.5) is 0 Å². The van der Waals surface area contributed by atoms with Gasteiger partial charge < -0.3 is 10.2 Å². The summed E-state index contributed by atoms with van der Waals surface area (Å²) in [6, 6.07) is 1.56. The minimum absolute atomic E-state index is 0.769. The highest BCUT2D eigenvalue weighted by Crippen LogP contribution is 2.34. The van der Waals surface area contributed by atoms with Crippen LogP contribution >= 0.6 is 0 Å². The van der Waals surface area contributed by atoms with Crippen molar-refractivity contribution >= 4 is 0 Å². The number of nitrogens with zero attached hydrogens (tertiary/aromatic N) is 1. The summed E-state index contributed by atoms with van der Waals surface area (Å²) in [6.07, 6.45) is 4.25. The number of rotatable bonds is 3. The average molecular weight is 196 g/mol. The summed E-state index contributed by atoms with van der Waals surface area (Å²) in [6.45, 7) is 7.11. The van der Waals surface area contributed by atoms with Crippen LogP contribution in [0.5, 0.6) is 0 Å². The lowest BCUT2D eigenvalue weighted by Crippen LogP contribution is -2.56. The van der Waals surface area contributed by atoms with E-state index < -0.39 is 0 Å². The van der Waals surface area contributed by atoms with E-state index in [0.29, 0.717) is 0 Å². The Balaban J connectivity index is 1.80. The molecule has 1 saturated carbocycles. The van der Waals surface area contributed by atoms with Crippen molar-refractivity contribution in [3.05, 3.63) is 0 Å². The van der Waals surface area contributed by atoms with Gasteiger partial charge in [-0.1, -0.05) is 13.8 Å². The molecular weight excluding hydrogens is 172 g/mol. The molecule has 2 atom stereocenters. The monoisotopic (exact) mass is 196 g/mol. The molecule has 2 aliphatic rings. The Morgan fingerprint density at radius 3 is 2.57 bits per heavy atom. The number of piperazine rings is 1. The molecule has 0 spiro atoms. The first-order valence-corrected chi connectivity index (χ1v) is 6.10. The molecule has 14 heavy (non-hydrogen) atoms. The fourth-order valence-electron chi connectivity index (χ4n) is 2.59. The summed E-state index contributed by atoms with van der Waals surface area (Å²) in [5.41, 5.74) is 0. The highest BCUT2D eigenvalue weighted by molar-refractivity contribution is 4.93. The van der Waals surface area contributed by atoms with E-state index in [0.717, 1.165) is 23.9 Å². The maximum Gasteiger partial charge on any atom is 0.0223 e. The SMILES string of the molecule is CC(C)CC1CNC(C2CC2)CN1C. The van der Waals surface area contributed by atoms with Crippen molar-refractivity contribution in [2.75, 3.05) is 20.1 Å². The number of hydrogen-bond acceptors (Lipinski definition) is 2. The van der Waals surface area contributed by atoms with E-state index in [9.17, 15) is 0 Å². The molecule has 0 aromatic rings. The van der Waals surface area contributed by atoms with Gasteiger partial charge in [-0.25, -0.2) is 0 Å². The third-order valence-corrected chi connectivity index (χ3v) is 3.66. The van der Waals surface area contributed by atoms with Crippen molar-refractivity contribution in [3.63, 3.8) is 0 Å². The summed E-state index contributed by atoms with van der Waals surface area (Å²) in [5, 5.41) is 3.73. The molecule has 1 aliphatic carbocycles. The lowest BCUT2D eigenvalue weighted by molar-refractivity contribution is 0.136. The first-order valence-electron chi connectivity index (χ1n) is 6.10. The Bertz CT molecular complexity index is 187. The summed E-state index contributed by atoms with van der Waals surface area (Å²) in [4.78, 5) is 2.57. The van der Waals surface area contributed by atoms with E-state index in [1.165, 1.54) is 32.4 Å². The molecule has 82 valence electrons. The van der Waals surface area contributed by atoms with Gasteiger partial charge in [-0.05, 0) is 38.1 Å². The van der Waals surface area contributed by atoms with Gasteiger partial charge >= 0.3 is 0 Å². The first-order chi connectivity index (χ1) is 6.66. The maximum atomic E-state index is 3.73. The molecule has 0 bridgehead atoms. The Hall–Kier alpha value is -0.0800. The van der Waals surface area contributed by atoms with Crippen LogP contribution in [0.3, 0.4) is 0 Å². The molecule has 0 amide bonds. The van der Waals surface area contributed by atoms with Crippen LogP contribution in [0, 0.1) is 11.8 Å². The van der Waals surface area contributed by atoms with E-state index in [-0.39, 0.29) is 0 Å². The molecule has 0 radical (unpaired) electrons. The Morgan fingerprint density at radius 1 is 1.36 bits per heavy atom. The third kappa shape index (κ3) is 2.48. The second kappa shape index (κ2) is 4.19. The van der Waals surface area contributed by atoms with Gasteiger partial charge in [0, 0.05) is 25.2 Å². The van der Waals surface area contributed by atoms with Crippen LogP contribution in [-0.4, -0.2) is 37.1 Å². The number of nitrogens with one attached hydrogen (secondary N) is 1. The molecule has 1 N–H and O–H groups in total. The van der Waals surface area contributed by atoms with Crippen LogP contribution in [0.15, 0.2) is 0 Å². The van der Waals surface area contributed by atoms with Gasteiger partial charge in [0.2, 0.25) is 0 Å². The van der Waals surface area contributed by atoms with Gasteiger partial charge in [0.25, 0.3) is 0 Å². The van der Waals surface area contributed by atoms with E-state index in [1.54, 1.807) is 0 Å². The van der Waals surface area contributed by atoms with E-state index in [4.69, 9.17) is 0 Å². The second-order valence-electron chi connectivity index (χ2n) is 5.58. The van der Waals surface area contributed by atoms with Gasteiger partial charge in [0.05, 0.1) is 0 Å². The first kappa shape index (κ1) is 10.4. The van der Waals surface area contributed by atoms with Gasteiger partial charge in [-0.2, -0.15) is 0 Å². The Morgan fingerprint density at radius 2 is 2.07 bits per heavy atom. The lowest BCUT2D eigenvalue weighted by atomic mass is 9.98. The fraction of sp³-hybridized carbons (Fsp3) is 1.00. The maximum absolute atomic E-state index is 3.73. The fourth-order valence-corrected chi connectivity index (χ4v) is 2.59. The summed E-state index contributed by atoms with van der Waals surface area (Å²) in [5.74, 6) is 1.82. The Kier molecular flexibility index (Phi) is 3.13. The average Bonchev–Trinajstić information content (AvgIpc) is 2.90.